The third kappa shape index (κ3) is 1.12. The molecule has 1 aromatic rings. The zero-order valence-electron chi connectivity index (χ0n) is 8.72. The van der Waals surface area contributed by atoms with E-state index in [9.17, 15) is 0 Å². The maximum Gasteiger partial charge on any atom is 0.00230 e. The summed E-state index contributed by atoms with van der Waals surface area (Å²) >= 11 is 0. The zero-order valence-corrected chi connectivity index (χ0v) is 8.72. The van der Waals surface area contributed by atoms with Crippen molar-refractivity contribution in [2.75, 3.05) is 13.1 Å². The number of nitrogens with one attached hydrogen (secondary N) is 1. The maximum atomic E-state index is 3.52. The summed E-state index contributed by atoms with van der Waals surface area (Å²) in [5.74, 6) is 1.73. The molecule has 1 heteroatoms. The minimum atomic E-state index is 0.804. The summed E-state index contributed by atoms with van der Waals surface area (Å²) in [7, 11) is 0. The van der Waals surface area contributed by atoms with Crippen LogP contribution in [0.15, 0.2) is 18.2 Å². The van der Waals surface area contributed by atoms with Gasteiger partial charge >= 0.3 is 0 Å². The van der Waals surface area contributed by atoms with E-state index >= 15 is 0 Å². The molecule has 1 nitrogen and oxygen atoms in total. The molecule has 0 amide bonds. The van der Waals surface area contributed by atoms with Gasteiger partial charge in [-0.1, -0.05) is 18.2 Å². The molecule has 1 aliphatic carbocycles. The van der Waals surface area contributed by atoms with Crippen LogP contribution in [0.3, 0.4) is 0 Å². The van der Waals surface area contributed by atoms with Crippen molar-refractivity contribution in [3.63, 3.8) is 0 Å². The zero-order chi connectivity index (χ0) is 9.54. The van der Waals surface area contributed by atoms with Crippen LogP contribution in [0.2, 0.25) is 0 Å². The SMILES string of the molecule is Cc1cccc2c1C[C@H]1CCNC[C@@H]21. The Morgan fingerprint density at radius 3 is 3.21 bits per heavy atom. The Kier molecular flexibility index (Phi) is 1.88. The summed E-state index contributed by atoms with van der Waals surface area (Å²) in [6.07, 6.45) is 2.69. The second kappa shape index (κ2) is 3.09. The van der Waals surface area contributed by atoms with Gasteiger partial charge in [0.05, 0.1) is 0 Å². The predicted molar refractivity (Wildman–Crippen MR) is 58.6 cm³/mol. The first-order valence-electron chi connectivity index (χ1n) is 5.65. The molecule has 0 unspecified atom stereocenters. The van der Waals surface area contributed by atoms with Crippen LogP contribution >= 0.6 is 0 Å². The molecule has 1 N–H and O–H groups in total. The minimum absolute atomic E-state index is 0.804. The van der Waals surface area contributed by atoms with Gasteiger partial charge in [0, 0.05) is 6.54 Å². The van der Waals surface area contributed by atoms with E-state index in [4.69, 9.17) is 0 Å². The normalized spacial score (nSPS) is 29.8. The van der Waals surface area contributed by atoms with Gasteiger partial charge in [-0.25, -0.2) is 0 Å². The van der Waals surface area contributed by atoms with Gasteiger partial charge < -0.3 is 5.32 Å². The standard InChI is InChI=1S/C13H17N/c1-9-3-2-4-11-12(9)7-10-5-6-14-8-13(10)11/h2-4,10,13-14H,5-8H2,1H3/t10-,13-/m1/s1. The van der Waals surface area contributed by atoms with E-state index in [1.807, 2.05) is 0 Å². The van der Waals surface area contributed by atoms with Crippen molar-refractivity contribution in [3.05, 3.63) is 34.9 Å². The third-order valence-corrected chi connectivity index (χ3v) is 3.94. The highest BCUT2D eigenvalue weighted by Crippen LogP contribution is 2.41. The molecule has 1 fully saturated rings. The lowest BCUT2D eigenvalue weighted by molar-refractivity contribution is 0.347. The van der Waals surface area contributed by atoms with Crippen LogP contribution in [-0.4, -0.2) is 13.1 Å². The Morgan fingerprint density at radius 2 is 2.29 bits per heavy atom. The van der Waals surface area contributed by atoms with Crippen LogP contribution in [0, 0.1) is 12.8 Å². The van der Waals surface area contributed by atoms with Gasteiger partial charge in [-0.3, -0.25) is 0 Å². The second-order valence-electron chi connectivity index (χ2n) is 4.71. The highest BCUT2D eigenvalue weighted by molar-refractivity contribution is 5.42. The third-order valence-electron chi connectivity index (χ3n) is 3.94. The monoisotopic (exact) mass is 187 g/mol. The van der Waals surface area contributed by atoms with Gasteiger partial charge in [-0.2, -0.15) is 0 Å². The lowest BCUT2D eigenvalue weighted by Crippen LogP contribution is -2.32. The molecule has 74 valence electrons. The first-order chi connectivity index (χ1) is 6.86. The van der Waals surface area contributed by atoms with E-state index in [0.717, 1.165) is 11.8 Å². The molecule has 2 atom stereocenters. The molecule has 1 aliphatic heterocycles. The molecular weight excluding hydrogens is 170 g/mol. The molecule has 3 rings (SSSR count). The number of hydrogen-bond donors (Lipinski definition) is 1. The van der Waals surface area contributed by atoms with Gasteiger partial charge in [0.1, 0.15) is 0 Å². The summed E-state index contributed by atoms with van der Waals surface area (Å²) in [4.78, 5) is 0. The fourth-order valence-corrected chi connectivity index (χ4v) is 3.13. The quantitative estimate of drug-likeness (QED) is 0.657. The highest BCUT2D eigenvalue weighted by Gasteiger charge is 2.34. The Bertz CT molecular complexity index is 356. The van der Waals surface area contributed by atoms with Gasteiger partial charge in [-0.15, -0.1) is 0 Å². The van der Waals surface area contributed by atoms with Crippen molar-refractivity contribution >= 4 is 0 Å². The van der Waals surface area contributed by atoms with Crippen LogP contribution in [-0.2, 0) is 6.42 Å². The molecule has 1 aromatic carbocycles. The van der Waals surface area contributed by atoms with Crippen molar-refractivity contribution in [2.24, 2.45) is 5.92 Å². The number of piperidine rings is 1. The first-order valence-corrected chi connectivity index (χ1v) is 5.65. The molecule has 0 spiro atoms. The average molecular weight is 187 g/mol. The van der Waals surface area contributed by atoms with Crippen LogP contribution < -0.4 is 5.32 Å². The van der Waals surface area contributed by atoms with Crippen molar-refractivity contribution in [1.82, 2.24) is 5.32 Å². The summed E-state index contributed by atoms with van der Waals surface area (Å²) in [6, 6.07) is 6.80. The van der Waals surface area contributed by atoms with Gasteiger partial charge in [-0.05, 0) is 54.8 Å². The summed E-state index contributed by atoms with van der Waals surface area (Å²) in [6.45, 7) is 4.67. The van der Waals surface area contributed by atoms with Gasteiger partial charge in [0.25, 0.3) is 0 Å². The van der Waals surface area contributed by atoms with Crippen molar-refractivity contribution in [3.8, 4) is 0 Å². The summed E-state index contributed by atoms with van der Waals surface area (Å²) in [5.41, 5.74) is 4.77. The molecule has 0 radical (unpaired) electrons. The number of benzene rings is 1. The average Bonchev–Trinajstić information content (AvgIpc) is 2.59. The van der Waals surface area contributed by atoms with Crippen molar-refractivity contribution in [1.29, 1.82) is 0 Å². The fourth-order valence-electron chi connectivity index (χ4n) is 3.13. The Labute approximate surface area is 85.5 Å². The van der Waals surface area contributed by atoms with E-state index in [2.05, 4.69) is 30.4 Å². The van der Waals surface area contributed by atoms with E-state index < -0.39 is 0 Å². The van der Waals surface area contributed by atoms with E-state index in [1.165, 1.54) is 31.5 Å². The topological polar surface area (TPSA) is 12.0 Å². The van der Waals surface area contributed by atoms with E-state index in [1.54, 1.807) is 11.1 Å². The number of hydrogen-bond acceptors (Lipinski definition) is 1. The highest BCUT2D eigenvalue weighted by atomic mass is 14.9. The molecule has 0 saturated carbocycles. The summed E-state index contributed by atoms with van der Waals surface area (Å²) in [5, 5.41) is 3.52. The number of rotatable bonds is 0. The molecule has 1 heterocycles. The molecule has 2 aliphatic rings. The Balaban J connectivity index is 2.05. The molecule has 14 heavy (non-hydrogen) atoms. The largest absolute Gasteiger partial charge is 0.316 e. The van der Waals surface area contributed by atoms with Crippen LogP contribution in [0.5, 0.6) is 0 Å². The van der Waals surface area contributed by atoms with Crippen LogP contribution in [0.1, 0.15) is 29.0 Å². The Morgan fingerprint density at radius 1 is 1.36 bits per heavy atom. The minimum Gasteiger partial charge on any atom is -0.316 e. The Hall–Kier alpha value is -0.820. The lowest BCUT2D eigenvalue weighted by atomic mass is 9.87. The smallest absolute Gasteiger partial charge is 0.00230 e. The second-order valence-corrected chi connectivity index (χ2v) is 4.71. The number of aryl methyl sites for hydroxylation is 1. The predicted octanol–water partition coefficient (Wildman–Crippen LogP) is 2.24. The van der Waals surface area contributed by atoms with E-state index in [0.29, 0.717) is 0 Å². The molecule has 0 bridgehead atoms. The molecule has 0 aromatic heterocycles. The van der Waals surface area contributed by atoms with Gasteiger partial charge in [0.15, 0.2) is 0 Å². The van der Waals surface area contributed by atoms with Crippen molar-refractivity contribution in [2.45, 2.75) is 25.7 Å². The molecular formula is C13H17N. The lowest BCUT2D eigenvalue weighted by Gasteiger charge is -2.26. The van der Waals surface area contributed by atoms with Gasteiger partial charge in [0.2, 0.25) is 0 Å². The fraction of sp³-hybridized carbons (Fsp3) is 0.538. The maximum absolute atomic E-state index is 3.52. The van der Waals surface area contributed by atoms with Crippen LogP contribution in [0.4, 0.5) is 0 Å². The summed E-state index contributed by atoms with van der Waals surface area (Å²) < 4.78 is 0. The van der Waals surface area contributed by atoms with E-state index in [-0.39, 0.29) is 0 Å². The number of fused-ring (bicyclic) bond motifs is 3. The molecule has 1 saturated heterocycles. The van der Waals surface area contributed by atoms with Crippen LogP contribution in [0.25, 0.3) is 0 Å². The first kappa shape index (κ1) is 8.49. The van der Waals surface area contributed by atoms with Crippen molar-refractivity contribution < 1.29 is 0 Å².